The number of rotatable bonds is 5. The summed E-state index contributed by atoms with van der Waals surface area (Å²) < 4.78 is 13.4. The highest BCUT2D eigenvalue weighted by Gasteiger charge is 2.12. The molecule has 5 nitrogen and oxygen atoms in total. The molecule has 0 aromatic carbocycles. The lowest BCUT2D eigenvalue weighted by Gasteiger charge is -2.10. The third-order valence-corrected chi connectivity index (χ3v) is 1.04. The number of esters is 1. The molecule has 0 amide bonds. The molecule has 0 N–H and O–H groups in total. The molecule has 0 aromatic heterocycles. The lowest BCUT2D eigenvalue weighted by atomic mass is 10.4. The molecular weight excluding hydrogens is 152 g/mol. The molecule has 0 bridgehead atoms. The molecule has 11 heavy (non-hydrogen) atoms. The van der Waals surface area contributed by atoms with Crippen LogP contribution < -0.4 is 0 Å². The van der Waals surface area contributed by atoms with Gasteiger partial charge in [-0.3, -0.25) is 9.59 Å². The Kier molecular flexibility index (Phi) is 5.32. The molecular formula is C6H10O5. The van der Waals surface area contributed by atoms with Crippen molar-refractivity contribution in [1.82, 2.24) is 0 Å². The largest absolute Gasteiger partial charge is 0.395 e. The highest BCUT2D eigenvalue weighted by atomic mass is 16.7. The van der Waals surface area contributed by atoms with E-state index in [4.69, 9.17) is 0 Å². The van der Waals surface area contributed by atoms with Crippen molar-refractivity contribution >= 4 is 12.4 Å². The zero-order valence-electron chi connectivity index (χ0n) is 6.40. The van der Waals surface area contributed by atoms with E-state index in [1.54, 1.807) is 0 Å². The Morgan fingerprint density at radius 1 is 1.45 bits per heavy atom. The van der Waals surface area contributed by atoms with Gasteiger partial charge in [0.1, 0.15) is 0 Å². The van der Waals surface area contributed by atoms with Crippen LogP contribution in [0, 0.1) is 0 Å². The predicted molar refractivity (Wildman–Crippen MR) is 34.6 cm³/mol. The summed E-state index contributed by atoms with van der Waals surface area (Å²) in [6.45, 7) is 0.0741. The Hall–Kier alpha value is -0.940. The summed E-state index contributed by atoms with van der Waals surface area (Å²) in [7, 11) is 2.78. The number of carbonyl (C=O) groups excluding carboxylic acids is 2. The third-order valence-electron chi connectivity index (χ3n) is 1.04. The van der Waals surface area contributed by atoms with Gasteiger partial charge in [-0.1, -0.05) is 0 Å². The van der Waals surface area contributed by atoms with Crippen LogP contribution in [-0.4, -0.2) is 33.0 Å². The lowest BCUT2D eigenvalue weighted by Crippen LogP contribution is -2.19. The molecule has 0 saturated carbocycles. The van der Waals surface area contributed by atoms with Gasteiger partial charge in [0.05, 0.1) is 6.42 Å². The quantitative estimate of drug-likeness (QED) is 0.240. The number of ether oxygens (including phenoxy) is 3. The van der Waals surface area contributed by atoms with Gasteiger partial charge < -0.3 is 14.2 Å². The molecule has 0 aromatic rings. The van der Waals surface area contributed by atoms with Crippen LogP contribution in [0.1, 0.15) is 6.42 Å². The van der Waals surface area contributed by atoms with E-state index in [-0.39, 0.29) is 12.9 Å². The maximum Gasteiger partial charge on any atom is 0.318 e. The summed E-state index contributed by atoms with van der Waals surface area (Å²) >= 11 is 0. The summed E-state index contributed by atoms with van der Waals surface area (Å²) in [5.41, 5.74) is 0. The van der Waals surface area contributed by atoms with E-state index in [2.05, 4.69) is 14.2 Å². The van der Waals surface area contributed by atoms with Gasteiger partial charge in [0, 0.05) is 14.2 Å². The molecule has 0 atom stereocenters. The molecule has 0 rings (SSSR count). The molecule has 0 unspecified atom stereocenters. The van der Waals surface area contributed by atoms with E-state index in [0.29, 0.717) is 0 Å². The summed E-state index contributed by atoms with van der Waals surface area (Å²) in [6, 6.07) is 0. The Morgan fingerprint density at radius 3 is 2.36 bits per heavy atom. The van der Waals surface area contributed by atoms with Crippen LogP contribution in [0.2, 0.25) is 0 Å². The van der Waals surface area contributed by atoms with Crippen LogP contribution >= 0.6 is 0 Å². The second-order valence-corrected chi connectivity index (χ2v) is 1.69. The van der Waals surface area contributed by atoms with Crippen molar-refractivity contribution in [2.45, 2.75) is 12.7 Å². The fourth-order valence-electron chi connectivity index (χ4n) is 0.501. The topological polar surface area (TPSA) is 61.8 Å². The number of hydrogen-bond acceptors (Lipinski definition) is 5. The van der Waals surface area contributed by atoms with Gasteiger partial charge >= 0.3 is 12.4 Å². The van der Waals surface area contributed by atoms with Gasteiger partial charge in [0.15, 0.2) is 6.29 Å². The van der Waals surface area contributed by atoms with Crippen LogP contribution in [-0.2, 0) is 23.8 Å². The Bertz CT molecular complexity index is 129. The monoisotopic (exact) mass is 162 g/mol. The molecule has 0 heterocycles. The van der Waals surface area contributed by atoms with Crippen molar-refractivity contribution in [2.75, 3.05) is 14.2 Å². The van der Waals surface area contributed by atoms with E-state index >= 15 is 0 Å². The van der Waals surface area contributed by atoms with Crippen LogP contribution in [0.5, 0.6) is 0 Å². The van der Waals surface area contributed by atoms with E-state index in [9.17, 15) is 9.59 Å². The summed E-state index contributed by atoms with van der Waals surface area (Å²) in [5.74, 6) is -0.672. The molecule has 0 fully saturated rings. The third kappa shape index (κ3) is 4.46. The summed E-state index contributed by atoms with van der Waals surface area (Å²) in [5, 5.41) is 0. The average molecular weight is 162 g/mol. The first-order valence-electron chi connectivity index (χ1n) is 2.93. The Labute approximate surface area is 64.2 Å². The molecule has 0 aliphatic rings. The van der Waals surface area contributed by atoms with Gasteiger partial charge in [0.25, 0.3) is 0 Å². The number of hydrogen-bond donors (Lipinski definition) is 0. The standard InChI is InChI=1S/C6H10O5/c1-9-6(10-2)3-5(8)11-4-7/h4,6H,3H2,1-2H3. The van der Waals surface area contributed by atoms with Crippen molar-refractivity contribution in [3.05, 3.63) is 0 Å². The fraction of sp³-hybridized carbons (Fsp3) is 0.667. The zero-order valence-corrected chi connectivity index (χ0v) is 6.40. The van der Waals surface area contributed by atoms with Crippen LogP contribution in [0.15, 0.2) is 0 Å². The van der Waals surface area contributed by atoms with Crippen LogP contribution in [0.4, 0.5) is 0 Å². The minimum atomic E-state index is -0.672. The van der Waals surface area contributed by atoms with Crippen molar-refractivity contribution in [2.24, 2.45) is 0 Å². The fourth-order valence-corrected chi connectivity index (χ4v) is 0.501. The summed E-state index contributed by atoms with van der Waals surface area (Å²) in [4.78, 5) is 20.2. The van der Waals surface area contributed by atoms with Crippen molar-refractivity contribution in [3.8, 4) is 0 Å². The average Bonchev–Trinajstić information content (AvgIpc) is 2.01. The SMILES string of the molecule is COC(CC(=O)OC=O)OC. The number of carbonyl (C=O) groups is 2. The summed E-state index contributed by atoms with van der Waals surface area (Å²) in [6.07, 6.45) is -0.742. The molecule has 0 spiro atoms. The zero-order chi connectivity index (χ0) is 8.69. The maximum atomic E-state index is 10.6. The van der Waals surface area contributed by atoms with Crippen molar-refractivity contribution < 1.29 is 23.8 Å². The van der Waals surface area contributed by atoms with Gasteiger partial charge in [-0.05, 0) is 0 Å². The van der Waals surface area contributed by atoms with Gasteiger partial charge in [-0.25, -0.2) is 0 Å². The van der Waals surface area contributed by atoms with E-state index in [1.165, 1.54) is 14.2 Å². The van der Waals surface area contributed by atoms with E-state index in [1.807, 2.05) is 0 Å². The Morgan fingerprint density at radius 2 is 2.00 bits per heavy atom. The van der Waals surface area contributed by atoms with Gasteiger partial charge in [-0.15, -0.1) is 0 Å². The normalized spacial score (nSPS) is 9.73. The molecule has 0 aliphatic heterocycles. The van der Waals surface area contributed by atoms with Gasteiger partial charge in [-0.2, -0.15) is 0 Å². The first-order valence-corrected chi connectivity index (χ1v) is 2.93. The van der Waals surface area contributed by atoms with Crippen molar-refractivity contribution in [3.63, 3.8) is 0 Å². The van der Waals surface area contributed by atoms with Crippen LogP contribution in [0.25, 0.3) is 0 Å². The lowest BCUT2D eigenvalue weighted by molar-refractivity contribution is -0.162. The second kappa shape index (κ2) is 5.82. The second-order valence-electron chi connectivity index (χ2n) is 1.69. The van der Waals surface area contributed by atoms with Gasteiger partial charge in [0.2, 0.25) is 0 Å². The minimum absolute atomic E-state index is 0.0741. The van der Waals surface area contributed by atoms with Crippen LogP contribution in [0.3, 0.4) is 0 Å². The number of methoxy groups -OCH3 is 2. The van der Waals surface area contributed by atoms with E-state index < -0.39 is 12.3 Å². The maximum absolute atomic E-state index is 10.6. The molecule has 64 valence electrons. The first kappa shape index (κ1) is 10.1. The molecule has 0 saturated heterocycles. The Balaban J connectivity index is 3.62. The molecule has 5 heteroatoms. The molecule has 0 radical (unpaired) electrons. The molecule has 0 aliphatic carbocycles. The highest BCUT2D eigenvalue weighted by molar-refractivity contribution is 5.76. The smallest absolute Gasteiger partial charge is 0.318 e. The first-order chi connectivity index (χ1) is 5.24. The minimum Gasteiger partial charge on any atom is -0.395 e. The van der Waals surface area contributed by atoms with E-state index in [0.717, 1.165) is 0 Å². The highest BCUT2D eigenvalue weighted by Crippen LogP contribution is 1.98. The predicted octanol–water partition coefficient (Wildman–Crippen LogP) is -0.305. The van der Waals surface area contributed by atoms with Crippen molar-refractivity contribution in [1.29, 1.82) is 0 Å².